The monoisotopic (exact) mass is 380 g/mol. The van der Waals surface area contributed by atoms with Crippen LogP contribution in [0.1, 0.15) is 44.0 Å². The van der Waals surface area contributed by atoms with Crippen molar-refractivity contribution in [1.82, 2.24) is 20.1 Å². The average Bonchev–Trinajstić information content (AvgIpc) is 3.03. The van der Waals surface area contributed by atoms with E-state index in [1.54, 1.807) is 0 Å². The molecule has 6 nitrogen and oxygen atoms in total. The van der Waals surface area contributed by atoms with Crippen molar-refractivity contribution in [1.29, 1.82) is 0 Å². The molecular formula is C22H28N4O2. The van der Waals surface area contributed by atoms with Gasteiger partial charge < -0.3 is 10.1 Å². The van der Waals surface area contributed by atoms with Gasteiger partial charge in [0.25, 0.3) is 5.91 Å². The highest BCUT2D eigenvalue weighted by atomic mass is 16.5. The van der Waals surface area contributed by atoms with Crippen molar-refractivity contribution in [3.63, 3.8) is 0 Å². The summed E-state index contributed by atoms with van der Waals surface area (Å²) in [5.74, 6) is 0.300. The van der Waals surface area contributed by atoms with Crippen molar-refractivity contribution in [3.8, 4) is 11.6 Å². The van der Waals surface area contributed by atoms with Gasteiger partial charge in [-0.3, -0.25) is 4.79 Å². The molecule has 2 aromatic heterocycles. The number of aromatic nitrogens is 3. The second kappa shape index (κ2) is 8.42. The lowest BCUT2D eigenvalue weighted by atomic mass is 10.1. The van der Waals surface area contributed by atoms with Gasteiger partial charge in [-0.25, -0.2) is 4.68 Å². The number of nitrogens with one attached hydrogen (secondary N) is 1. The minimum atomic E-state index is -0.141. The van der Waals surface area contributed by atoms with E-state index in [2.05, 4.69) is 36.3 Å². The Hall–Kier alpha value is -2.89. The lowest BCUT2D eigenvalue weighted by molar-refractivity contribution is -0.123. The molecule has 28 heavy (non-hydrogen) atoms. The molecule has 0 radical (unpaired) electrons. The van der Waals surface area contributed by atoms with E-state index in [-0.39, 0.29) is 18.6 Å². The van der Waals surface area contributed by atoms with E-state index in [1.165, 1.54) is 5.56 Å². The smallest absolute Gasteiger partial charge is 0.258 e. The molecule has 1 aromatic carbocycles. The number of amides is 1. The van der Waals surface area contributed by atoms with Crippen LogP contribution in [0, 0.1) is 13.8 Å². The maximum Gasteiger partial charge on any atom is 0.258 e. The van der Waals surface area contributed by atoms with Crippen LogP contribution in [0.2, 0.25) is 0 Å². The van der Waals surface area contributed by atoms with Gasteiger partial charge in [0.1, 0.15) is 0 Å². The first-order valence-corrected chi connectivity index (χ1v) is 9.81. The third-order valence-electron chi connectivity index (χ3n) is 4.90. The van der Waals surface area contributed by atoms with Crippen molar-refractivity contribution in [2.24, 2.45) is 0 Å². The standard InChI is InChI=1S/C22H28N4O2/c1-6-15(4)23-19(27)13-28-20-12-17(7-2)21-16(5)25-26(22(21)24-20)18-10-8-14(3)9-11-18/h8-12,15H,6-7,13H2,1-5H3,(H,23,27)/t15-/m0/s1. The number of ether oxygens (including phenoxy) is 1. The summed E-state index contributed by atoms with van der Waals surface area (Å²) in [4.78, 5) is 16.7. The predicted molar refractivity (Wildman–Crippen MR) is 111 cm³/mol. The first-order valence-electron chi connectivity index (χ1n) is 9.81. The molecule has 6 heteroatoms. The fourth-order valence-electron chi connectivity index (χ4n) is 3.13. The second-order valence-corrected chi connectivity index (χ2v) is 7.17. The van der Waals surface area contributed by atoms with E-state index < -0.39 is 0 Å². The fourth-order valence-corrected chi connectivity index (χ4v) is 3.13. The molecule has 2 heterocycles. The second-order valence-electron chi connectivity index (χ2n) is 7.17. The van der Waals surface area contributed by atoms with Gasteiger partial charge >= 0.3 is 0 Å². The van der Waals surface area contributed by atoms with E-state index in [1.807, 2.05) is 43.7 Å². The molecule has 0 unspecified atom stereocenters. The summed E-state index contributed by atoms with van der Waals surface area (Å²) < 4.78 is 7.56. The van der Waals surface area contributed by atoms with Gasteiger partial charge in [-0.2, -0.15) is 10.1 Å². The zero-order chi connectivity index (χ0) is 20.3. The first-order chi connectivity index (χ1) is 13.4. The summed E-state index contributed by atoms with van der Waals surface area (Å²) in [6.07, 6.45) is 1.71. The Bertz CT molecular complexity index is 976. The Balaban J connectivity index is 1.96. The maximum atomic E-state index is 12.0. The molecule has 0 spiro atoms. The van der Waals surface area contributed by atoms with E-state index in [9.17, 15) is 4.79 Å². The summed E-state index contributed by atoms with van der Waals surface area (Å²) >= 11 is 0. The SMILES string of the molecule is CCc1cc(OCC(=O)N[C@@H](C)CC)nc2c1c(C)nn2-c1ccc(C)cc1. The van der Waals surface area contributed by atoms with E-state index in [0.29, 0.717) is 5.88 Å². The highest BCUT2D eigenvalue weighted by molar-refractivity contribution is 5.84. The van der Waals surface area contributed by atoms with E-state index in [4.69, 9.17) is 9.84 Å². The minimum absolute atomic E-state index is 0.0519. The number of benzene rings is 1. The number of carbonyl (C=O) groups is 1. The van der Waals surface area contributed by atoms with Crippen LogP contribution in [0.4, 0.5) is 0 Å². The highest BCUT2D eigenvalue weighted by Crippen LogP contribution is 2.27. The Morgan fingerprint density at radius 3 is 2.57 bits per heavy atom. The van der Waals surface area contributed by atoms with Gasteiger partial charge in [0, 0.05) is 17.5 Å². The fraction of sp³-hybridized carbons (Fsp3) is 0.409. The number of pyridine rings is 1. The van der Waals surface area contributed by atoms with Crippen LogP contribution < -0.4 is 10.1 Å². The van der Waals surface area contributed by atoms with Gasteiger partial charge in [0.15, 0.2) is 12.3 Å². The Morgan fingerprint density at radius 1 is 1.21 bits per heavy atom. The number of hydrogen-bond donors (Lipinski definition) is 1. The van der Waals surface area contributed by atoms with E-state index >= 15 is 0 Å². The first kappa shape index (κ1) is 19.9. The summed E-state index contributed by atoms with van der Waals surface area (Å²) in [5, 5.41) is 8.65. The minimum Gasteiger partial charge on any atom is -0.468 e. The molecule has 0 bridgehead atoms. The summed E-state index contributed by atoms with van der Waals surface area (Å²) in [5.41, 5.74) is 4.93. The molecule has 0 saturated heterocycles. The van der Waals surface area contributed by atoms with Crippen LogP contribution in [-0.2, 0) is 11.2 Å². The molecule has 3 rings (SSSR count). The lowest BCUT2D eigenvalue weighted by Crippen LogP contribution is -2.35. The quantitative estimate of drug-likeness (QED) is 0.675. The number of carbonyl (C=O) groups excluding carboxylic acids is 1. The third kappa shape index (κ3) is 4.16. The topological polar surface area (TPSA) is 69.0 Å². The molecule has 0 aliphatic heterocycles. The molecule has 1 N–H and O–H groups in total. The highest BCUT2D eigenvalue weighted by Gasteiger charge is 2.16. The van der Waals surface area contributed by atoms with Crippen LogP contribution in [0.25, 0.3) is 16.7 Å². The largest absolute Gasteiger partial charge is 0.468 e. The number of aryl methyl sites for hydroxylation is 3. The van der Waals surface area contributed by atoms with Crippen LogP contribution in [0.5, 0.6) is 5.88 Å². The maximum absolute atomic E-state index is 12.0. The predicted octanol–water partition coefficient (Wildman–Crippen LogP) is 3.89. The molecule has 1 atom stereocenters. The van der Waals surface area contributed by atoms with Crippen LogP contribution in [0.15, 0.2) is 30.3 Å². The van der Waals surface area contributed by atoms with Crippen molar-refractivity contribution in [3.05, 3.63) is 47.2 Å². The molecule has 0 aliphatic carbocycles. The normalized spacial score (nSPS) is 12.2. The zero-order valence-electron chi connectivity index (χ0n) is 17.2. The molecule has 1 amide bonds. The van der Waals surface area contributed by atoms with Crippen molar-refractivity contribution in [2.45, 2.75) is 53.5 Å². The van der Waals surface area contributed by atoms with Gasteiger partial charge in [-0.1, -0.05) is 31.5 Å². The average molecular weight is 380 g/mol. The number of nitrogens with zero attached hydrogens (tertiary/aromatic N) is 3. The zero-order valence-corrected chi connectivity index (χ0v) is 17.2. The number of hydrogen-bond acceptors (Lipinski definition) is 4. The van der Waals surface area contributed by atoms with Gasteiger partial charge in [-0.05, 0) is 51.3 Å². The van der Waals surface area contributed by atoms with Crippen molar-refractivity contribution < 1.29 is 9.53 Å². The molecular weight excluding hydrogens is 352 g/mol. The summed E-state index contributed by atoms with van der Waals surface area (Å²) in [6.45, 7) is 10.1. The third-order valence-corrected chi connectivity index (χ3v) is 4.90. The van der Waals surface area contributed by atoms with Crippen molar-refractivity contribution >= 4 is 16.9 Å². The number of rotatable bonds is 7. The van der Waals surface area contributed by atoms with Gasteiger partial charge in [0.2, 0.25) is 5.88 Å². The molecule has 148 valence electrons. The van der Waals surface area contributed by atoms with Crippen LogP contribution in [0.3, 0.4) is 0 Å². The van der Waals surface area contributed by atoms with Crippen molar-refractivity contribution in [2.75, 3.05) is 6.61 Å². The van der Waals surface area contributed by atoms with Crippen LogP contribution >= 0.6 is 0 Å². The Kier molecular flexibility index (Phi) is 5.97. The molecule has 0 saturated carbocycles. The Labute approximate surface area is 165 Å². The summed E-state index contributed by atoms with van der Waals surface area (Å²) in [7, 11) is 0. The molecule has 0 aliphatic rings. The van der Waals surface area contributed by atoms with Crippen LogP contribution in [-0.4, -0.2) is 33.3 Å². The summed E-state index contributed by atoms with van der Waals surface area (Å²) in [6, 6.07) is 10.2. The van der Waals surface area contributed by atoms with E-state index in [0.717, 1.165) is 40.8 Å². The van der Waals surface area contributed by atoms with Gasteiger partial charge in [-0.15, -0.1) is 0 Å². The molecule has 3 aromatic rings. The Morgan fingerprint density at radius 2 is 1.93 bits per heavy atom. The van der Waals surface area contributed by atoms with Gasteiger partial charge in [0.05, 0.1) is 11.4 Å². The lowest BCUT2D eigenvalue weighted by Gasteiger charge is -2.12. The molecule has 0 fully saturated rings. The number of fused-ring (bicyclic) bond motifs is 1.